The first-order valence-corrected chi connectivity index (χ1v) is 7.66. The molecule has 3 amide bonds. The van der Waals surface area contributed by atoms with Crippen molar-refractivity contribution in [1.82, 2.24) is 10.6 Å². The summed E-state index contributed by atoms with van der Waals surface area (Å²) in [5.41, 5.74) is 7.32. The van der Waals surface area contributed by atoms with Gasteiger partial charge in [-0.15, -0.1) is 12.4 Å². The molecule has 0 bridgehead atoms. The summed E-state index contributed by atoms with van der Waals surface area (Å²) in [6, 6.07) is 7.36. The number of carbonyl (C=O) groups excluding carboxylic acids is 2. The Hall–Kier alpha value is -1.79. The molecule has 0 radical (unpaired) electrons. The van der Waals surface area contributed by atoms with Crippen molar-refractivity contribution in [3.8, 4) is 0 Å². The van der Waals surface area contributed by atoms with Crippen molar-refractivity contribution in [2.24, 2.45) is 5.73 Å². The number of hydrogen-bond acceptors (Lipinski definition) is 3. The van der Waals surface area contributed by atoms with Crippen molar-refractivity contribution in [2.75, 3.05) is 5.32 Å². The van der Waals surface area contributed by atoms with Gasteiger partial charge in [-0.05, 0) is 44.4 Å². The minimum Gasteiger partial charge on any atom is -0.350 e. The van der Waals surface area contributed by atoms with Crippen LogP contribution >= 0.6 is 12.4 Å². The highest BCUT2D eigenvalue weighted by molar-refractivity contribution is 5.89. The Morgan fingerprint density at radius 1 is 1.22 bits per heavy atom. The van der Waals surface area contributed by atoms with Crippen LogP contribution in [-0.2, 0) is 4.79 Å². The minimum absolute atomic E-state index is 0. The summed E-state index contributed by atoms with van der Waals surface area (Å²) in [6.45, 7) is 3.72. The summed E-state index contributed by atoms with van der Waals surface area (Å²) in [6.07, 6.45) is 2.43. The highest BCUT2D eigenvalue weighted by atomic mass is 35.5. The molecule has 128 valence electrons. The lowest BCUT2D eigenvalue weighted by atomic mass is 10.1. The number of nitrogens with one attached hydrogen (secondary N) is 3. The third-order valence-corrected chi connectivity index (χ3v) is 3.47. The highest BCUT2D eigenvalue weighted by Gasteiger charge is 2.23. The van der Waals surface area contributed by atoms with Gasteiger partial charge in [-0.2, -0.15) is 0 Å². The predicted molar refractivity (Wildman–Crippen MR) is 93.7 cm³/mol. The van der Waals surface area contributed by atoms with E-state index in [-0.39, 0.29) is 36.4 Å². The molecule has 2 atom stereocenters. The van der Waals surface area contributed by atoms with Crippen LogP contribution in [0.1, 0.15) is 44.7 Å². The third-order valence-electron chi connectivity index (χ3n) is 3.47. The van der Waals surface area contributed by atoms with Gasteiger partial charge in [-0.1, -0.05) is 12.1 Å². The monoisotopic (exact) mass is 340 g/mol. The zero-order chi connectivity index (χ0) is 16.1. The second-order valence-electron chi connectivity index (χ2n) is 5.97. The van der Waals surface area contributed by atoms with Gasteiger partial charge in [0.05, 0.1) is 6.04 Å². The topological polar surface area (TPSA) is 96.2 Å². The summed E-state index contributed by atoms with van der Waals surface area (Å²) in [7, 11) is 0. The zero-order valence-electron chi connectivity index (χ0n) is 13.5. The Morgan fingerprint density at radius 3 is 2.35 bits per heavy atom. The van der Waals surface area contributed by atoms with E-state index in [4.69, 9.17) is 5.73 Å². The smallest absolute Gasteiger partial charge is 0.319 e. The molecule has 1 aromatic rings. The van der Waals surface area contributed by atoms with Crippen molar-refractivity contribution in [3.63, 3.8) is 0 Å². The molecule has 1 fully saturated rings. The van der Waals surface area contributed by atoms with Crippen molar-refractivity contribution < 1.29 is 9.59 Å². The Labute approximate surface area is 143 Å². The first kappa shape index (κ1) is 19.3. The van der Waals surface area contributed by atoms with Crippen LogP contribution in [0.4, 0.5) is 10.5 Å². The molecule has 1 aromatic carbocycles. The van der Waals surface area contributed by atoms with Gasteiger partial charge in [0.25, 0.3) is 0 Å². The van der Waals surface area contributed by atoms with Gasteiger partial charge < -0.3 is 21.7 Å². The summed E-state index contributed by atoms with van der Waals surface area (Å²) in [4.78, 5) is 23.3. The number of nitrogens with two attached hydrogens (primary N) is 1. The van der Waals surface area contributed by atoms with E-state index >= 15 is 0 Å². The van der Waals surface area contributed by atoms with Crippen LogP contribution in [-0.4, -0.2) is 24.0 Å². The highest BCUT2D eigenvalue weighted by Crippen LogP contribution is 2.19. The van der Waals surface area contributed by atoms with E-state index in [2.05, 4.69) is 16.0 Å². The molecule has 7 heteroatoms. The second kappa shape index (κ2) is 8.74. The average molecular weight is 341 g/mol. The number of benzene rings is 1. The maximum absolute atomic E-state index is 11.7. The summed E-state index contributed by atoms with van der Waals surface area (Å²) < 4.78 is 0. The minimum atomic E-state index is -0.173. The fraction of sp³-hybridized carbons (Fsp3) is 0.500. The van der Waals surface area contributed by atoms with E-state index in [1.54, 1.807) is 6.92 Å². The molecular weight excluding hydrogens is 316 g/mol. The van der Waals surface area contributed by atoms with Gasteiger partial charge in [0, 0.05) is 24.2 Å². The van der Waals surface area contributed by atoms with E-state index in [1.807, 2.05) is 31.2 Å². The molecule has 5 N–H and O–H groups in total. The summed E-state index contributed by atoms with van der Waals surface area (Å²) >= 11 is 0. The Morgan fingerprint density at radius 2 is 1.83 bits per heavy atom. The quantitative estimate of drug-likeness (QED) is 0.639. The number of rotatable bonds is 6. The first-order valence-electron chi connectivity index (χ1n) is 7.66. The van der Waals surface area contributed by atoms with Crippen molar-refractivity contribution in [2.45, 2.75) is 51.2 Å². The standard InChI is InChI=1S/C16H24N4O2.ClH/c1-10(17)9-15(21)18-11(2)12-3-5-13(6-4-12)19-16(22)20-14-7-8-14;/h3-6,10-11,14H,7-9,17H2,1-2H3,(H,18,21)(H2,19,20,22);1H. The van der Waals surface area contributed by atoms with Gasteiger partial charge in [0.1, 0.15) is 0 Å². The number of amides is 3. The van der Waals surface area contributed by atoms with Crippen LogP contribution in [0, 0.1) is 0 Å². The van der Waals surface area contributed by atoms with Gasteiger partial charge >= 0.3 is 6.03 Å². The normalized spacial score (nSPS) is 15.8. The number of halogens is 1. The van der Waals surface area contributed by atoms with Gasteiger partial charge in [-0.3, -0.25) is 4.79 Å². The second-order valence-corrected chi connectivity index (χ2v) is 5.97. The maximum atomic E-state index is 11.7. The molecule has 1 aliphatic carbocycles. The largest absolute Gasteiger partial charge is 0.350 e. The third kappa shape index (κ3) is 6.88. The molecule has 2 rings (SSSR count). The number of hydrogen-bond donors (Lipinski definition) is 4. The molecule has 0 aliphatic heterocycles. The Kier molecular flexibility index (Phi) is 7.32. The molecule has 6 nitrogen and oxygen atoms in total. The molecule has 2 unspecified atom stereocenters. The SMILES string of the molecule is CC(N)CC(=O)NC(C)c1ccc(NC(=O)NC2CC2)cc1.Cl. The molecule has 0 saturated heterocycles. The van der Waals surface area contributed by atoms with E-state index in [0.717, 1.165) is 24.1 Å². The molecular formula is C16H25ClN4O2. The van der Waals surface area contributed by atoms with E-state index < -0.39 is 0 Å². The Balaban J connectivity index is 0.00000264. The van der Waals surface area contributed by atoms with Crippen LogP contribution in [0.5, 0.6) is 0 Å². The predicted octanol–water partition coefficient (Wildman–Crippen LogP) is 2.31. The number of anilines is 1. The fourth-order valence-corrected chi connectivity index (χ4v) is 2.11. The lowest BCUT2D eigenvalue weighted by Gasteiger charge is -2.16. The molecule has 1 saturated carbocycles. The van der Waals surface area contributed by atoms with Crippen LogP contribution in [0.3, 0.4) is 0 Å². The van der Waals surface area contributed by atoms with Crippen LogP contribution in [0.2, 0.25) is 0 Å². The zero-order valence-corrected chi connectivity index (χ0v) is 14.3. The van der Waals surface area contributed by atoms with Crippen molar-refractivity contribution >= 4 is 30.0 Å². The van der Waals surface area contributed by atoms with Crippen molar-refractivity contribution in [1.29, 1.82) is 0 Å². The van der Waals surface area contributed by atoms with E-state index in [1.165, 1.54) is 0 Å². The average Bonchev–Trinajstić information content (AvgIpc) is 3.22. The summed E-state index contributed by atoms with van der Waals surface area (Å²) in [5.74, 6) is -0.0616. The number of urea groups is 1. The fourth-order valence-electron chi connectivity index (χ4n) is 2.11. The van der Waals surface area contributed by atoms with Gasteiger partial charge in [0.2, 0.25) is 5.91 Å². The van der Waals surface area contributed by atoms with Crippen LogP contribution in [0.25, 0.3) is 0 Å². The lowest BCUT2D eigenvalue weighted by Crippen LogP contribution is -2.31. The van der Waals surface area contributed by atoms with Crippen LogP contribution in [0.15, 0.2) is 24.3 Å². The van der Waals surface area contributed by atoms with Crippen LogP contribution < -0.4 is 21.7 Å². The van der Waals surface area contributed by atoms with Crippen molar-refractivity contribution in [3.05, 3.63) is 29.8 Å². The molecule has 0 spiro atoms. The lowest BCUT2D eigenvalue weighted by molar-refractivity contribution is -0.122. The van der Waals surface area contributed by atoms with E-state index in [0.29, 0.717) is 12.5 Å². The first-order chi connectivity index (χ1) is 10.4. The maximum Gasteiger partial charge on any atom is 0.319 e. The number of carbonyl (C=O) groups is 2. The Bertz CT molecular complexity index is 529. The van der Waals surface area contributed by atoms with E-state index in [9.17, 15) is 9.59 Å². The summed E-state index contributed by atoms with van der Waals surface area (Å²) in [5, 5.41) is 8.56. The molecule has 1 aliphatic rings. The van der Waals surface area contributed by atoms with Gasteiger partial charge in [-0.25, -0.2) is 4.79 Å². The van der Waals surface area contributed by atoms with Gasteiger partial charge in [0.15, 0.2) is 0 Å². The molecule has 23 heavy (non-hydrogen) atoms. The molecule has 0 heterocycles. The molecule has 0 aromatic heterocycles.